The van der Waals surface area contributed by atoms with E-state index in [1.54, 1.807) is 12.5 Å². The van der Waals surface area contributed by atoms with Crippen LogP contribution < -0.4 is 5.73 Å². The van der Waals surface area contributed by atoms with Gasteiger partial charge in [-0.2, -0.15) is 0 Å². The standard InChI is InChI=1S/C7H11N3O2.C5H7NO3/c1-12-7(11)6(8)2-5-3-9-4-10-5;7-4-2-1-3-6(4)5(8)9/h3-4,6H,2,8H2,1H3,(H,9,10);1-3H2,(H,8,9). The summed E-state index contributed by atoms with van der Waals surface area (Å²) in [6, 6.07) is -0.615. The molecule has 0 saturated carbocycles. The summed E-state index contributed by atoms with van der Waals surface area (Å²) in [5.41, 5.74) is 6.32. The number of imidazole rings is 1. The number of hydrogen-bond donors (Lipinski definition) is 3. The number of imide groups is 1. The number of esters is 1. The molecule has 0 bridgehead atoms. The van der Waals surface area contributed by atoms with Crippen LogP contribution >= 0.6 is 0 Å². The van der Waals surface area contributed by atoms with Crippen molar-refractivity contribution in [3.8, 4) is 0 Å². The number of likely N-dealkylation sites (tertiary alicyclic amines) is 1. The molecule has 1 aliphatic rings. The van der Waals surface area contributed by atoms with Crippen LogP contribution in [0.15, 0.2) is 12.5 Å². The third kappa shape index (κ3) is 5.22. The molecule has 0 spiro atoms. The Morgan fingerprint density at radius 2 is 2.33 bits per heavy atom. The van der Waals surface area contributed by atoms with Crippen molar-refractivity contribution in [3.05, 3.63) is 18.2 Å². The Hall–Kier alpha value is -2.42. The van der Waals surface area contributed by atoms with Gasteiger partial charge in [-0.25, -0.2) is 14.7 Å². The van der Waals surface area contributed by atoms with E-state index in [-0.39, 0.29) is 5.91 Å². The number of nitrogens with zero attached hydrogens (tertiary/aromatic N) is 2. The lowest BCUT2D eigenvalue weighted by Crippen LogP contribution is -2.33. The van der Waals surface area contributed by atoms with Gasteiger partial charge in [-0.15, -0.1) is 0 Å². The number of rotatable bonds is 3. The maximum atomic E-state index is 10.9. The quantitative estimate of drug-likeness (QED) is 0.653. The van der Waals surface area contributed by atoms with Crippen molar-refractivity contribution in [1.29, 1.82) is 0 Å². The lowest BCUT2D eigenvalue weighted by molar-refractivity contribution is -0.142. The predicted molar refractivity (Wildman–Crippen MR) is 71.3 cm³/mol. The number of carboxylic acid groups (broad SMARTS) is 1. The Labute approximate surface area is 121 Å². The second kappa shape index (κ2) is 8.00. The topological polar surface area (TPSA) is 139 Å². The van der Waals surface area contributed by atoms with Crippen LogP contribution in [0.4, 0.5) is 4.79 Å². The molecule has 2 rings (SSSR count). The molecule has 0 aliphatic carbocycles. The van der Waals surface area contributed by atoms with Crippen LogP contribution in [0.1, 0.15) is 18.5 Å². The average Bonchev–Trinajstić information content (AvgIpc) is 3.09. The van der Waals surface area contributed by atoms with Gasteiger partial charge >= 0.3 is 12.1 Å². The molecule has 1 atom stereocenters. The van der Waals surface area contributed by atoms with Gasteiger partial charge in [0.15, 0.2) is 0 Å². The van der Waals surface area contributed by atoms with Gasteiger partial charge in [0, 0.05) is 31.3 Å². The molecule has 2 amide bonds. The fraction of sp³-hybridized carbons (Fsp3) is 0.500. The number of carbonyl (C=O) groups is 3. The molecule has 4 N–H and O–H groups in total. The normalized spacial score (nSPS) is 15.1. The molecule has 1 aliphatic heterocycles. The average molecular weight is 298 g/mol. The minimum atomic E-state index is -1.13. The van der Waals surface area contributed by atoms with E-state index in [1.807, 2.05) is 0 Å². The summed E-state index contributed by atoms with van der Waals surface area (Å²) >= 11 is 0. The van der Waals surface area contributed by atoms with Crippen LogP contribution in [0, 0.1) is 0 Å². The monoisotopic (exact) mass is 298 g/mol. The summed E-state index contributed by atoms with van der Waals surface area (Å²) in [6.07, 6.45) is 3.52. The van der Waals surface area contributed by atoms with Crippen molar-refractivity contribution < 1.29 is 24.2 Å². The number of nitrogens with two attached hydrogens (primary N) is 1. The number of H-pyrrole nitrogens is 1. The Bertz CT molecular complexity index is 488. The number of amides is 2. The lowest BCUT2D eigenvalue weighted by Gasteiger charge is -2.06. The van der Waals surface area contributed by atoms with E-state index in [4.69, 9.17) is 10.8 Å². The van der Waals surface area contributed by atoms with Gasteiger partial charge in [0.2, 0.25) is 5.91 Å². The molecule has 0 radical (unpaired) electrons. The zero-order chi connectivity index (χ0) is 15.8. The molecule has 1 unspecified atom stereocenters. The van der Waals surface area contributed by atoms with Crippen LogP contribution in [0.25, 0.3) is 0 Å². The predicted octanol–water partition coefficient (Wildman–Crippen LogP) is -0.261. The first kappa shape index (κ1) is 16.6. The molecule has 9 nitrogen and oxygen atoms in total. The smallest absolute Gasteiger partial charge is 0.414 e. The zero-order valence-corrected chi connectivity index (χ0v) is 11.6. The highest BCUT2D eigenvalue weighted by Crippen LogP contribution is 2.08. The number of aromatic amines is 1. The summed E-state index contributed by atoms with van der Waals surface area (Å²) < 4.78 is 4.46. The van der Waals surface area contributed by atoms with E-state index in [0.29, 0.717) is 25.8 Å². The van der Waals surface area contributed by atoms with Crippen LogP contribution in [0.3, 0.4) is 0 Å². The Morgan fingerprint density at radius 1 is 1.62 bits per heavy atom. The molecule has 2 heterocycles. The number of carbonyl (C=O) groups excluding carboxylic acids is 2. The first-order chi connectivity index (χ1) is 9.95. The molecule has 116 valence electrons. The van der Waals surface area contributed by atoms with E-state index < -0.39 is 18.1 Å². The van der Waals surface area contributed by atoms with Gasteiger partial charge in [-0.3, -0.25) is 9.59 Å². The maximum Gasteiger partial charge on any atom is 0.414 e. The number of ether oxygens (including phenoxy) is 1. The van der Waals surface area contributed by atoms with Gasteiger partial charge < -0.3 is 20.6 Å². The van der Waals surface area contributed by atoms with Crippen molar-refractivity contribution in [2.75, 3.05) is 13.7 Å². The van der Waals surface area contributed by atoms with Gasteiger partial charge in [-0.1, -0.05) is 0 Å². The summed E-state index contributed by atoms with van der Waals surface area (Å²) in [5, 5.41) is 8.29. The molecule has 1 aromatic rings. The van der Waals surface area contributed by atoms with E-state index in [0.717, 1.165) is 10.6 Å². The van der Waals surface area contributed by atoms with Crippen LogP contribution in [0.5, 0.6) is 0 Å². The lowest BCUT2D eigenvalue weighted by atomic mass is 10.2. The summed E-state index contributed by atoms with van der Waals surface area (Å²) in [5.74, 6) is -0.688. The summed E-state index contributed by atoms with van der Waals surface area (Å²) in [7, 11) is 1.31. The molecular formula is C12H18N4O5. The van der Waals surface area contributed by atoms with Crippen molar-refractivity contribution in [3.63, 3.8) is 0 Å². The van der Waals surface area contributed by atoms with Gasteiger partial charge in [-0.05, 0) is 6.42 Å². The van der Waals surface area contributed by atoms with Crippen molar-refractivity contribution in [2.45, 2.75) is 25.3 Å². The van der Waals surface area contributed by atoms with Crippen molar-refractivity contribution >= 4 is 18.0 Å². The molecular weight excluding hydrogens is 280 g/mol. The van der Waals surface area contributed by atoms with E-state index in [9.17, 15) is 14.4 Å². The van der Waals surface area contributed by atoms with E-state index in [2.05, 4.69) is 14.7 Å². The second-order valence-electron chi connectivity index (χ2n) is 4.34. The fourth-order valence-corrected chi connectivity index (χ4v) is 1.72. The Kier molecular flexibility index (Phi) is 6.34. The van der Waals surface area contributed by atoms with E-state index in [1.165, 1.54) is 7.11 Å². The Morgan fingerprint density at radius 3 is 2.71 bits per heavy atom. The van der Waals surface area contributed by atoms with Crippen LogP contribution in [-0.4, -0.2) is 57.6 Å². The minimum absolute atomic E-state index is 0.275. The molecule has 1 aromatic heterocycles. The van der Waals surface area contributed by atoms with Crippen LogP contribution in [-0.2, 0) is 20.7 Å². The van der Waals surface area contributed by atoms with Gasteiger partial charge in [0.05, 0.1) is 13.4 Å². The first-order valence-electron chi connectivity index (χ1n) is 6.29. The van der Waals surface area contributed by atoms with Gasteiger partial charge in [0.25, 0.3) is 0 Å². The van der Waals surface area contributed by atoms with Crippen molar-refractivity contribution in [1.82, 2.24) is 14.9 Å². The summed E-state index contributed by atoms with van der Waals surface area (Å²) in [4.78, 5) is 39.0. The second-order valence-corrected chi connectivity index (χ2v) is 4.34. The highest BCUT2D eigenvalue weighted by Gasteiger charge is 2.25. The molecule has 1 fully saturated rings. The molecule has 0 aromatic carbocycles. The zero-order valence-electron chi connectivity index (χ0n) is 11.6. The number of methoxy groups -OCH3 is 1. The SMILES string of the molecule is COC(=O)C(N)Cc1cnc[nH]1.O=C(O)N1CCCC1=O. The van der Waals surface area contributed by atoms with Crippen LogP contribution in [0.2, 0.25) is 0 Å². The summed E-state index contributed by atoms with van der Waals surface area (Å²) in [6.45, 7) is 0.369. The molecule has 21 heavy (non-hydrogen) atoms. The molecule has 1 saturated heterocycles. The third-order valence-electron chi connectivity index (χ3n) is 2.80. The Balaban J connectivity index is 0.000000219. The number of aromatic nitrogens is 2. The largest absolute Gasteiger partial charge is 0.468 e. The number of hydrogen-bond acceptors (Lipinski definition) is 6. The maximum absolute atomic E-state index is 10.9. The minimum Gasteiger partial charge on any atom is -0.468 e. The van der Waals surface area contributed by atoms with Gasteiger partial charge in [0.1, 0.15) is 6.04 Å². The van der Waals surface area contributed by atoms with Crippen molar-refractivity contribution in [2.24, 2.45) is 5.73 Å². The number of nitrogens with one attached hydrogen (secondary N) is 1. The highest BCUT2D eigenvalue weighted by atomic mass is 16.5. The fourth-order valence-electron chi connectivity index (χ4n) is 1.72. The van der Waals surface area contributed by atoms with E-state index >= 15 is 0 Å². The third-order valence-corrected chi connectivity index (χ3v) is 2.80. The first-order valence-corrected chi connectivity index (χ1v) is 6.29. The molecule has 9 heteroatoms. The highest BCUT2D eigenvalue weighted by molar-refractivity contribution is 5.92.